The molecule has 24 heavy (non-hydrogen) atoms. The first-order valence-corrected chi connectivity index (χ1v) is 9.12. The molecule has 0 bridgehead atoms. The molecule has 130 valence electrons. The Morgan fingerprint density at radius 1 is 1.25 bits per heavy atom. The minimum Gasteiger partial charge on any atom is -0.486 e. The van der Waals surface area contributed by atoms with Gasteiger partial charge in [-0.3, -0.25) is 4.79 Å². The molecule has 5 heteroatoms. The molecule has 2 aliphatic heterocycles. The second-order valence-electron chi connectivity index (χ2n) is 7.25. The first-order chi connectivity index (χ1) is 11.7. The second kappa shape index (κ2) is 6.63. The summed E-state index contributed by atoms with van der Waals surface area (Å²) < 4.78 is 11.4. The smallest absolute Gasteiger partial charge is 0.225 e. The summed E-state index contributed by atoms with van der Waals surface area (Å²) in [5.74, 6) is 2.90. The Hall–Kier alpha value is -1.75. The van der Waals surface area contributed by atoms with Gasteiger partial charge in [0, 0.05) is 37.2 Å². The van der Waals surface area contributed by atoms with Crippen molar-refractivity contribution in [2.75, 3.05) is 26.3 Å². The molecule has 0 aromatic heterocycles. The lowest BCUT2D eigenvalue weighted by Gasteiger charge is -2.37. The standard InChI is InChI=1S/C19H26N2O3/c1-13-12-21(19(22)14-5-6-14)8-7-16(13)20-11-15-3-2-4-17-18(15)24-10-9-23-17/h2-4,13-14,16,20H,5-12H2,1H3/t13-,16-/m0/s1. The van der Waals surface area contributed by atoms with Crippen molar-refractivity contribution in [2.45, 2.75) is 38.8 Å². The fourth-order valence-corrected chi connectivity index (χ4v) is 3.75. The minimum absolute atomic E-state index is 0.328. The summed E-state index contributed by atoms with van der Waals surface area (Å²) >= 11 is 0. The zero-order chi connectivity index (χ0) is 16.5. The molecule has 1 aliphatic carbocycles. The van der Waals surface area contributed by atoms with Gasteiger partial charge in [0.25, 0.3) is 0 Å². The second-order valence-corrected chi connectivity index (χ2v) is 7.25. The van der Waals surface area contributed by atoms with Gasteiger partial charge in [-0.25, -0.2) is 0 Å². The van der Waals surface area contributed by atoms with Gasteiger partial charge in [-0.05, 0) is 31.2 Å². The highest BCUT2D eigenvalue weighted by molar-refractivity contribution is 5.81. The minimum atomic E-state index is 0.328. The van der Waals surface area contributed by atoms with Crippen LogP contribution in [0.1, 0.15) is 31.7 Å². The average Bonchev–Trinajstić information content (AvgIpc) is 3.45. The molecule has 2 heterocycles. The van der Waals surface area contributed by atoms with E-state index in [4.69, 9.17) is 9.47 Å². The molecule has 2 atom stereocenters. The number of rotatable bonds is 4. The highest BCUT2D eigenvalue weighted by Crippen LogP contribution is 2.34. The van der Waals surface area contributed by atoms with Gasteiger partial charge in [-0.2, -0.15) is 0 Å². The van der Waals surface area contributed by atoms with Crippen LogP contribution in [-0.4, -0.2) is 43.2 Å². The maximum absolute atomic E-state index is 12.2. The van der Waals surface area contributed by atoms with E-state index in [9.17, 15) is 4.79 Å². The van der Waals surface area contributed by atoms with E-state index in [1.807, 2.05) is 12.1 Å². The van der Waals surface area contributed by atoms with Crippen LogP contribution >= 0.6 is 0 Å². The van der Waals surface area contributed by atoms with E-state index in [-0.39, 0.29) is 0 Å². The Kier molecular flexibility index (Phi) is 4.35. The molecule has 1 amide bonds. The number of benzene rings is 1. The molecule has 5 nitrogen and oxygen atoms in total. The number of fused-ring (bicyclic) bond motifs is 1. The van der Waals surface area contributed by atoms with E-state index in [1.165, 1.54) is 0 Å². The van der Waals surface area contributed by atoms with Crippen molar-refractivity contribution >= 4 is 5.91 Å². The fraction of sp³-hybridized carbons (Fsp3) is 0.632. The lowest BCUT2D eigenvalue weighted by molar-refractivity contribution is -0.134. The summed E-state index contributed by atoms with van der Waals surface area (Å²) in [5, 5.41) is 3.67. The van der Waals surface area contributed by atoms with Crippen LogP contribution in [-0.2, 0) is 11.3 Å². The van der Waals surface area contributed by atoms with Crippen molar-refractivity contribution in [3.63, 3.8) is 0 Å². The van der Waals surface area contributed by atoms with Crippen LogP contribution in [0.5, 0.6) is 11.5 Å². The summed E-state index contributed by atoms with van der Waals surface area (Å²) in [4.78, 5) is 14.3. The number of hydrogen-bond acceptors (Lipinski definition) is 4. The highest BCUT2D eigenvalue weighted by atomic mass is 16.6. The van der Waals surface area contributed by atoms with E-state index < -0.39 is 0 Å². The number of piperidine rings is 1. The highest BCUT2D eigenvalue weighted by Gasteiger charge is 2.36. The monoisotopic (exact) mass is 330 g/mol. The largest absolute Gasteiger partial charge is 0.486 e. The Labute approximate surface area is 143 Å². The Balaban J connectivity index is 1.34. The molecular formula is C19H26N2O3. The number of likely N-dealkylation sites (tertiary alicyclic amines) is 1. The quantitative estimate of drug-likeness (QED) is 0.919. The van der Waals surface area contributed by atoms with Gasteiger partial charge < -0.3 is 19.7 Å². The molecule has 2 fully saturated rings. The number of carbonyl (C=O) groups is 1. The fourth-order valence-electron chi connectivity index (χ4n) is 3.75. The predicted octanol–water partition coefficient (Wildman–Crippen LogP) is 2.19. The van der Waals surface area contributed by atoms with E-state index in [0.29, 0.717) is 37.0 Å². The number of para-hydroxylation sites is 1. The molecule has 1 saturated carbocycles. The molecule has 0 unspecified atom stereocenters. The van der Waals surface area contributed by atoms with Crippen molar-refractivity contribution in [1.29, 1.82) is 0 Å². The predicted molar refractivity (Wildman–Crippen MR) is 91.1 cm³/mol. The van der Waals surface area contributed by atoms with Crippen LogP contribution in [0.4, 0.5) is 0 Å². The summed E-state index contributed by atoms with van der Waals surface area (Å²) in [7, 11) is 0. The maximum Gasteiger partial charge on any atom is 0.225 e. The zero-order valence-electron chi connectivity index (χ0n) is 14.3. The molecule has 3 aliphatic rings. The SMILES string of the molecule is C[C@H]1CN(C(=O)C2CC2)CC[C@@H]1NCc1cccc2c1OCCO2. The van der Waals surface area contributed by atoms with Gasteiger partial charge in [-0.1, -0.05) is 19.1 Å². The molecule has 1 aromatic carbocycles. The Morgan fingerprint density at radius 2 is 2.08 bits per heavy atom. The van der Waals surface area contributed by atoms with Crippen LogP contribution in [0.3, 0.4) is 0 Å². The van der Waals surface area contributed by atoms with Gasteiger partial charge >= 0.3 is 0 Å². The van der Waals surface area contributed by atoms with E-state index in [2.05, 4.69) is 23.2 Å². The molecule has 4 rings (SSSR count). The first-order valence-electron chi connectivity index (χ1n) is 9.12. The Morgan fingerprint density at radius 3 is 2.88 bits per heavy atom. The van der Waals surface area contributed by atoms with Crippen molar-refractivity contribution < 1.29 is 14.3 Å². The van der Waals surface area contributed by atoms with Gasteiger partial charge in [0.15, 0.2) is 11.5 Å². The number of amides is 1. The lowest BCUT2D eigenvalue weighted by atomic mass is 9.93. The van der Waals surface area contributed by atoms with Crippen LogP contribution in [0.25, 0.3) is 0 Å². The van der Waals surface area contributed by atoms with Gasteiger partial charge in [-0.15, -0.1) is 0 Å². The van der Waals surface area contributed by atoms with Crippen LogP contribution in [0, 0.1) is 11.8 Å². The molecule has 1 saturated heterocycles. The van der Waals surface area contributed by atoms with E-state index in [1.54, 1.807) is 0 Å². The van der Waals surface area contributed by atoms with Crippen molar-refractivity contribution in [3.05, 3.63) is 23.8 Å². The molecule has 1 N–H and O–H groups in total. The topological polar surface area (TPSA) is 50.8 Å². The zero-order valence-corrected chi connectivity index (χ0v) is 14.3. The number of carbonyl (C=O) groups excluding carboxylic acids is 1. The molecule has 0 radical (unpaired) electrons. The molecule has 0 spiro atoms. The third kappa shape index (κ3) is 3.22. The van der Waals surface area contributed by atoms with Crippen molar-refractivity contribution in [2.24, 2.45) is 11.8 Å². The number of ether oxygens (including phenoxy) is 2. The number of nitrogens with zero attached hydrogens (tertiary/aromatic N) is 1. The van der Waals surface area contributed by atoms with Crippen molar-refractivity contribution in [3.8, 4) is 11.5 Å². The third-order valence-corrected chi connectivity index (χ3v) is 5.35. The van der Waals surface area contributed by atoms with Gasteiger partial charge in [0.1, 0.15) is 13.2 Å². The molecular weight excluding hydrogens is 304 g/mol. The van der Waals surface area contributed by atoms with Crippen LogP contribution in [0.15, 0.2) is 18.2 Å². The number of hydrogen-bond donors (Lipinski definition) is 1. The van der Waals surface area contributed by atoms with Crippen LogP contribution in [0.2, 0.25) is 0 Å². The van der Waals surface area contributed by atoms with E-state index >= 15 is 0 Å². The van der Waals surface area contributed by atoms with Gasteiger partial charge in [0.2, 0.25) is 5.91 Å². The summed E-state index contributed by atoms with van der Waals surface area (Å²) in [5.41, 5.74) is 1.15. The van der Waals surface area contributed by atoms with Crippen molar-refractivity contribution in [1.82, 2.24) is 10.2 Å². The summed E-state index contributed by atoms with van der Waals surface area (Å²) in [6.45, 7) is 6.00. The number of nitrogens with one attached hydrogen (secondary N) is 1. The Bertz CT molecular complexity index is 615. The van der Waals surface area contributed by atoms with Crippen LogP contribution < -0.4 is 14.8 Å². The summed E-state index contributed by atoms with van der Waals surface area (Å²) in [6.07, 6.45) is 3.20. The summed E-state index contributed by atoms with van der Waals surface area (Å²) in [6, 6.07) is 6.51. The average molecular weight is 330 g/mol. The normalized spacial score (nSPS) is 26.3. The third-order valence-electron chi connectivity index (χ3n) is 5.35. The molecule has 1 aromatic rings. The lowest BCUT2D eigenvalue weighted by Crippen LogP contribution is -2.50. The maximum atomic E-state index is 12.2. The first kappa shape index (κ1) is 15.8. The van der Waals surface area contributed by atoms with Gasteiger partial charge in [0.05, 0.1) is 0 Å². The van der Waals surface area contributed by atoms with E-state index in [0.717, 1.165) is 56.0 Å².